The Morgan fingerprint density at radius 2 is 1.87 bits per heavy atom. The summed E-state index contributed by atoms with van der Waals surface area (Å²) >= 11 is 0. The third kappa shape index (κ3) is 5.12. The highest BCUT2D eigenvalue weighted by atomic mass is 16.3. The van der Waals surface area contributed by atoms with Crippen molar-refractivity contribution in [3.8, 4) is 11.4 Å². The number of fused-ring (bicyclic) bond motifs is 1. The van der Waals surface area contributed by atoms with Crippen molar-refractivity contribution < 1.29 is 10.2 Å². The lowest BCUT2D eigenvalue weighted by atomic mass is 10.0. The second-order valence-corrected chi connectivity index (χ2v) is 10.2. The highest BCUT2D eigenvalue weighted by Gasteiger charge is 2.32. The number of hydrogen-bond acceptors (Lipinski definition) is 9. The molecule has 4 aromatic rings. The number of nitrogens with one attached hydrogen (secondary N) is 2. The molecule has 0 unspecified atom stereocenters. The number of aromatic nitrogens is 4. The number of piperidine rings is 1. The van der Waals surface area contributed by atoms with Gasteiger partial charge in [-0.2, -0.15) is 0 Å². The van der Waals surface area contributed by atoms with Crippen molar-refractivity contribution in [2.45, 2.75) is 50.7 Å². The molecule has 0 bridgehead atoms. The molecule has 9 nitrogen and oxygen atoms in total. The van der Waals surface area contributed by atoms with E-state index in [4.69, 9.17) is 9.97 Å². The number of pyridine rings is 2. The zero-order valence-corrected chi connectivity index (χ0v) is 21.5. The lowest BCUT2D eigenvalue weighted by molar-refractivity contribution is 0.00792. The molecule has 1 saturated carbocycles. The summed E-state index contributed by atoms with van der Waals surface area (Å²) in [5, 5.41) is 28.4. The van der Waals surface area contributed by atoms with E-state index in [1.54, 1.807) is 12.4 Å². The lowest BCUT2D eigenvalue weighted by Crippen LogP contribution is -2.47. The molecule has 1 saturated heterocycles. The largest absolute Gasteiger partial charge is 0.390 e. The van der Waals surface area contributed by atoms with E-state index in [1.807, 2.05) is 30.5 Å². The molecule has 1 aliphatic carbocycles. The van der Waals surface area contributed by atoms with Gasteiger partial charge in [0, 0.05) is 54.4 Å². The van der Waals surface area contributed by atoms with Crippen LogP contribution in [0, 0.1) is 0 Å². The molecule has 9 heteroatoms. The van der Waals surface area contributed by atoms with E-state index in [9.17, 15) is 10.2 Å². The Morgan fingerprint density at radius 1 is 1.00 bits per heavy atom. The van der Waals surface area contributed by atoms with Gasteiger partial charge >= 0.3 is 0 Å². The Kier molecular flexibility index (Phi) is 6.78. The van der Waals surface area contributed by atoms with Crippen LogP contribution >= 0.6 is 0 Å². The summed E-state index contributed by atoms with van der Waals surface area (Å²) < 4.78 is 0. The van der Waals surface area contributed by atoms with Gasteiger partial charge in [0.15, 0.2) is 5.82 Å². The van der Waals surface area contributed by atoms with E-state index >= 15 is 0 Å². The minimum absolute atomic E-state index is 0.324. The molecule has 1 aromatic carbocycles. The van der Waals surface area contributed by atoms with Crippen molar-refractivity contribution in [3.05, 3.63) is 60.6 Å². The highest BCUT2D eigenvalue weighted by molar-refractivity contribution is 5.94. The first-order valence-corrected chi connectivity index (χ1v) is 13.4. The second kappa shape index (κ2) is 10.5. The fourth-order valence-electron chi connectivity index (χ4n) is 5.02. The predicted molar refractivity (Wildman–Crippen MR) is 150 cm³/mol. The Bertz CT molecular complexity index is 1440. The van der Waals surface area contributed by atoms with Crippen LogP contribution in [-0.2, 0) is 0 Å². The van der Waals surface area contributed by atoms with Crippen molar-refractivity contribution in [3.63, 3.8) is 0 Å². The minimum atomic E-state index is -0.817. The summed E-state index contributed by atoms with van der Waals surface area (Å²) in [7, 11) is 0. The molecule has 6 rings (SSSR count). The van der Waals surface area contributed by atoms with Gasteiger partial charge in [-0.1, -0.05) is 13.0 Å². The van der Waals surface area contributed by atoms with Gasteiger partial charge in [-0.3, -0.25) is 4.98 Å². The lowest BCUT2D eigenvalue weighted by Gasteiger charge is -2.35. The van der Waals surface area contributed by atoms with E-state index in [2.05, 4.69) is 44.6 Å². The highest BCUT2D eigenvalue weighted by Crippen LogP contribution is 2.45. The summed E-state index contributed by atoms with van der Waals surface area (Å²) in [4.78, 5) is 21.1. The van der Waals surface area contributed by atoms with Gasteiger partial charge in [0.25, 0.3) is 0 Å². The van der Waals surface area contributed by atoms with Crippen molar-refractivity contribution in [1.29, 1.82) is 0 Å². The van der Waals surface area contributed by atoms with Crippen LogP contribution in [0.4, 0.5) is 23.0 Å². The topological polar surface area (TPSA) is 119 Å². The minimum Gasteiger partial charge on any atom is -0.390 e. The van der Waals surface area contributed by atoms with Gasteiger partial charge in [-0.05, 0) is 67.5 Å². The molecule has 1 aliphatic heterocycles. The molecule has 2 aliphatic rings. The molecule has 0 amide bonds. The number of benzene rings is 1. The van der Waals surface area contributed by atoms with Crippen molar-refractivity contribution >= 4 is 33.9 Å². The van der Waals surface area contributed by atoms with Gasteiger partial charge in [0.05, 0.1) is 23.9 Å². The molecule has 3 aromatic heterocycles. The Balaban J connectivity index is 1.37. The van der Waals surface area contributed by atoms with Crippen molar-refractivity contribution in [2.24, 2.45) is 0 Å². The van der Waals surface area contributed by atoms with Gasteiger partial charge in [0.2, 0.25) is 0 Å². The van der Waals surface area contributed by atoms with E-state index in [0.717, 1.165) is 59.5 Å². The first-order valence-electron chi connectivity index (χ1n) is 13.4. The maximum atomic E-state index is 10.4. The predicted octanol–water partition coefficient (Wildman–Crippen LogP) is 4.46. The number of anilines is 4. The average Bonchev–Trinajstić information content (AvgIpc) is 3.78. The van der Waals surface area contributed by atoms with Crippen LogP contribution in [0.1, 0.15) is 44.1 Å². The number of rotatable bonds is 8. The number of nitrogens with zero attached hydrogens (tertiary/aromatic N) is 5. The van der Waals surface area contributed by atoms with Crippen LogP contribution in [0.5, 0.6) is 0 Å². The smallest absolute Gasteiger partial charge is 0.162 e. The Morgan fingerprint density at radius 3 is 2.68 bits per heavy atom. The maximum Gasteiger partial charge on any atom is 0.162 e. The second-order valence-electron chi connectivity index (χ2n) is 10.2. The average molecular weight is 512 g/mol. The monoisotopic (exact) mass is 511 g/mol. The molecular weight excluding hydrogens is 478 g/mol. The molecule has 2 atom stereocenters. The number of hydrogen-bond donors (Lipinski definition) is 4. The van der Waals surface area contributed by atoms with Gasteiger partial charge in [-0.15, -0.1) is 0 Å². The zero-order chi connectivity index (χ0) is 26.1. The van der Waals surface area contributed by atoms with Gasteiger partial charge < -0.3 is 25.7 Å². The molecule has 2 fully saturated rings. The summed E-state index contributed by atoms with van der Waals surface area (Å²) in [6.07, 6.45) is 7.76. The number of aliphatic hydroxyl groups excluding tert-OH is 2. The van der Waals surface area contributed by atoms with Crippen LogP contribution in [0.3, 0.4) is 0 Å². The van der Waals surface area contributed by atoms with E-state index in [1.165, 1.54) is 5.56 Å². The fourth-order valence-corrected chi connectivity index (χ4v) is 5.02. The maximum absolute atomic E-state index is 10.4. The first-order chi connectivity index (χ1) is 18.6. The molecular formula is C29H33N7O2. The molecule has 4 heterocycles. The molecule has 38 heavy (non-hydrogen) atoms. The number of β-amino-alcohol motifs (C(OH)–C–C–N with tert-alkyl or cyclic N) is 1. The van der Waals surface area contributed by atoms with Crippen LogP contribution in [0.25, 0.3) is 22.3 Å². The molecule has 0 radical (unpaired) electrons. The van der Waals surface area contributed by atoms with E-state index in [0.29, 0.717) is 37.1 Å². The summed E-state index contributed by atoms with van der Waals surface area (Å²) in [5.74, 6) is 2.54. The molecule has 0 spiro atoms. The van der Waals surface area contributed by atoms with Crippen LogP contribution in [0.2, 0.25) is 0 Å². The quantitative estimate of drug-likeness (QED) is 0.272. The van der Waals surface area contributed by atoms with E-state index < -0.39 is 12.2 Å². The Labute approximate surface area is 222 Å². The molecule has 4 N–H and O–H groups in total. The van der Waals surface area contributed by atoms with Crippen molar-refractivity contribution in [2.75, 3.05) is 35.2 Å². The molecule has 196 valence electrons. The normalized spacial score (nSPS) is 19.5. The SMILES string of the molecule is CCCNc1cccc(Nc2cc(-c3nc(N4CC[C@H](O)[C@H](O)C4)c4c(C5CC5)cncc4n3)ccn2)c1. The van der Waals surface area contributed by atoms with Gasteiger partial charge in [0.1, 0.15) is 11.6 Å². The van der Waals surface area contributed by atoms with Crippen molar-refractivity contribution in [1.82, 2.24) is 19.9 Å². The summed E-state index contributed by atoms with van der Waals surface area (Å²) in [6.45, 7) is 4.00. The first kappa shape index (κ1) is 24.5. The fraction of sp³-hybridized carbons (Fsp3) is 0.379. The third-order valence-electron chi connectivity index (χ3n) is 7.21. The van der Waals surface area contributed by atoms with Crippen LogP contribution in [-0.4, -0.2) is 62.0 Å². The third-order valence-corrected chi connectivity index (χ3v) is 7.21. The van der Waals surface area contributed by atoms with Gasteiger partial charge in [-0.25, -0.2) is 15.0 Å². The van der Waals surface area contributed by atoms with Crippen LogP contribution < -0.4 is 15.5 Å². The Hall–Kier alpha value is -3.82. The van der Waals surface area contributed by atoms with E-state index in [-0.39, 0.29) is 0 Å². The standard InChI is InChI=1S/C29H33N7O2/c1-2-10-31-20-4-3-5-21(14-20)33-26-13-19(8-11-32-26)28-34-23-16-30-15-22(18-6-7-18)27(23)29(35-28)36-12-9-24(37)25(38)17-36/h3-5,8,11,13-16,18,24-25,31,37-38H,2,6-7,9-10,12,17H2,1H3,(H,32,33)/t24-,25+/m0/s1. The zero-order valence-electron chi connectivity index (χ0n) is 21.5. The summed E-state index contributed by atoms with van der Waals surface area (Å²) in [5.41, 5.74) is 4.79. The van der Waals surface area contributed by atoms with Crippen LogP contribution in [0.15, 0.2) is 55.0 Å². The number of aliphatic hydroxyl groups is 2. The summed E-state index contributed by atoms with van der Waals surface area (Å²) in [6, 6.07) is 12.0.